The number of nitrogens with two attached hydrogens (primary N) is 1. The minimum Gasteiger partial charge on any atom is -0.399 e. The Balaban J connectivity index is 0.00000225. The van der Waals surface area contributed by atoms with Crippen LogP contribution in [0.2, 0.25) is 0 Å². The Morgan fingerprint density at radius 1 is 0.920 bits per heavy atom. The van der Waals surface area contributed by atoms with Crippen molar-refractivity contribution in [3.05, 3.63) is 29.8 Å². The maximum atomic E-state index is 12.6. The fourth-order valence-corrected chi connectivity index (χ4v) is 4.43. The number of ether oxygens (including phenoxy) is 1. The van der Waals surface area contributed by atoms with Crippen LogP contribution in [0, 0.1) is 0 Å². The van der Waals surface area contributed by atoms with Crippen molar-refractivity contribution >= 4 is 34.2 Å². The third-order valence-corrected chi connectivity index (χ3v) is 6.34. The molecule has 2 aliphatic rings. The third kappa shape index (κ3) is 4.42. The van der Waals surface area contributed by atoms with Gasteiger partial charge in [-0.3, -0.25) is 4.79 Å². The predicted octanol–water partition coefficient (Wildman–Crippen LogP) is 0.0254. The molecular formula is C15H23ClN4O4S. The first-order chi connectivity index (χ1) is 11.5. The summed E-state index contributed by atoms with van der Waals surface area (Å²) in [5, 5.41) is 0. The number of morpholine rings is 1. The van der Waals surface area contributed by atoms with Gasteiger partial charge in [-0.05, 0) is 24.3 Å². The highest BCUT2D eigenvalue weighted by Gasteiger charge is 2.34. The van der Waals surface area contributed by atoms with E-state index in [4.69, 9.17) is 10.5 Å². The van der Waals surface area contributed by atoms with E-state index in [0.29, 0.717) is 63.7 Å². The van der Waals surface area contributed by atoms with E-state index in [1.165, 1.54) is 8.61 Å². The molecule has 3 rings (SSSR count). The second-order valence-electron chi connectivity index (χ2n) is 5.83. The van der Waals surface area contributed by atoms with Gasteiger partial charge in [0.2, 0.25) is 0 Å². The van der Waals surface area contributed by atoms with Crippen LogP contribution in [0.1, 0.15) is 10.4 Å². The molecule has 0 unspecified atom stereocenters. The van der Waals surface area contributed by atoms with Gasteiger partial charge in [0, 0.05) is 50.5 Å². The molecule has 0 spiro atoms. The van der Waals surface area contributed by atoms with E-state index in [2.05, 4.69) is 0 Å². The van der Waals surface area contributed by atoms with E-state index in [0.717, 1.165) is 0 Å². The zero-order chi connectivity index (χ0) is 17.2. The van der Waals surface area contributed by atoms with Crippen LogP contribution in [0.15, 0.2) is 24.3 Å². The average molecular weight is 391 g/mol. The number of benzene rings is 1. The summed E-state index contributed by atoms with van der Waals surface area (Å²) in [6.07, 6.45) is 0. The Morgan fingerprint density at radius 3 is 2.00 bits per heavy atom. The highest BCUT2D eigenvalue weighted by atomic mass is 35.5. The number of carbonyl (C=O) groups is 1. The number of anilines is 1. The molecule has 0 saturated carbocycles. The molecule has 0 aliphatic carbocycles. The minimum absolute atomic E-state index is 0. The molecular weight excluding hydrogens is 368 g/mol. The van der Waals surface area contributed by atoms with Crippen LogP contribution >= 0.6 is 12.4 Å². The van der Waals surface area contributed by atoms with Crippen LogP contribution in [0.3, 0.4) is 0 Å². The molecule has 2 N–H and O–H groups in total. The summed E-state index contributed by atoms with van der Waals surface area (Å²) >= 11 is 0. The first kappa shape index (κ1) is 19.9. The molecule has 2 fully saturated rings. The molecule has 2 heterocycles. The first-order valence-electron chi connectivity index (χ1n) is 7.96. The van der Waals surface area contributed by atoms with Crippen molar-refractivity contribution in [3.63, 3.8) is 0 Å². The van der Waals surface area contributed by atoms with Crippen molar-refractivity contribution in [1.29, 1.82) is 0 Å². The fourth-order valence-electron chi connectivity index (χ4n) is 2.87. The molecule has 1 aromatic rings. The predicted molar refractivity (Wildman–Crippen MR) is 96.9 cm³/mol. The molecule has 2 saturated heterocycles. The minimum atomic E-state index is -3.47. The fraction of sp³-hybridized carbons (Fsp3) is 0.533. The number of carbonyl (C=O) groups excluding carboxylic acids is 1. The van der Waals surface area contributed by atoms with Gasteiger partial charge in [0.15, 0.2) is 0 Å². The number of amides is 1. The maximum Gasteiger partial charge on any atom is 0.282 e. The Kier molecular flexibility index (Phi) is 6.64. The molecule has 10 heteroatoms. The Morgan fingerprint density at radius 2 is 1.44 bits per heavy atom. The number of hydrogen-bond donors (Lipinski definition) is 1. The van der Waals surface area contributed by atoms with Crippen LogP contribution < -0.4 is 5.73 Å². The van der Waals surface area contributed by atoms with Crippen molar-refractivity contribution in [3.8, 4) is 0 Å². The van der Waals surface area contributed by atoms with Gasteiger partial charge < -0.3 is 15.4 Å². The molecule has 1 amide bonds. The molecule has 1 aromatic carbocycles. The van der Waals surface area contributed by atoms with Gasteiger partial charge in [-0.2, -0.15) is 17.0 Å². The summed E-state index contributed by atoms with van der Waals surface area (Å²) in [7, 11) is -3.47. The number of nitrogen functional groups attached to an aromatic ring is 1. The molecule has 0 bridgehead atoms. The summed E-state index contributed by atoms with van der Waals surface area (Å²) in [4.78, 5) is 14.1. The molecule has 25 heavy (non-hydrogen) atoms. The van der Waals surface area contributed by atoms with E-state index in [-0.39, 0.29) is 18.3 Å². The van der Waals surface area contributed by atoms with Crippen LogP contribution in [0.4, 0.5) is 5.69 Å². The van der Waals surface area contributed by atoms with Gasteiger partial charge >= 0.3 is 0 Å². The van der Waals surface area contributed by atoms with Crippen molar-refractivity contribution in [1.82, 2.24) is 13.5 Å². The largest absolute Gasteiger partial charge is 0.399 e. The SMILES string of the molecule is Cl.Nc1ccc(C(=O)N2CCN(S(=O)(=O)N3CCOCC3)CC2)cc1. The monoisotopic (exact) mass is 390 g/mol. The van der Waals surface area contributed by atoms with Crippen molar-refractivity contribution in [2.24, 2.45) is 0 Å². The lowest BCUT2D eigenvalue weighted by Crippen LogP contribution is -2.55. The Hall–Kier alpha value is -1.39. The second kappa shape index (κ2) is 8.33. The van der Waals surface area contributed by atoms with Crippen LogP contribution in [0.25, 0.3) is 0 Å². The lowest BCUT2D eigenvalue weighted by atomic mass is 10.1. The van der Waals surface area contributed by atoms with Gasteiger partial charge in [0.25, 0.3) is 16.1 Å². The molecule has 8 nitrogen and oxygen atoms in total. The topological polar surface area (TPSA) is 96.2 Å². The zero-order valence-corrected chi connectivity index (χ0v) is 15.5. The summed E-state index contributed by atoms with van der Waals surface area (Å²) in [6, 6.07) is 6.75. The van der Waals surface area contributed by atoms with Gasteiger partial charge in [0.1, 0.15) is 0 Å². The zero-order valence-electron chi connectivity index (χ0n) is 13.8. The normalized spacial score (nSPS) is 20.1. The summed E-state index contributed by atoms with van der Waals surface area (Å²) in [5.41, 5.74) is 6.80. The molecule has 0 atom stereocenters. The van der Waals surface area contributed by atoms with E-state index in [1.54, 1.807) is 29.2 Å². The molecule has 0 radical (unpaired) electrons. The van der Waals surface area contributed by atoms with Crippen LogP contribution in [-0.4, -0.2) is 80.3 Å². The summed E-state index contributed by atoms with van der Waals surface area (Å²) in [6.45, 7) is 2.99. The smallest absolute Gasteiger partial charge is 0.282 e. The van der Waals surface area contributed by atoms with E-state index < -0.39 is 10.2 Å². The summed E-state index contributed by atoms with van der Waals surface area (Å²) in [5.74, 6) is -0.0987. The Labute approximate surface area is 154 Å². The van der Waals surface area contributed by atoms with Crippen molar-refractivity contribution in [2.45, 2.75) is 0 Å². The maximum absolute atomic E-state index is 12.6. The molecule has 2 aliphatic heterocycles. The lowest BCUT2D eigenvalue weighted by molar-refractivity contribution is 0.0636. The summed E-state index contributed by atoms with van der Waals surface area (Å²) < 4.78 is 33.3. The number of halogens is 1. The average Bonchev–Trinajstić information content (AvgIpc) is 2.62. The number of nitrogens with zero attached hydrogens (tertiary/aromatic N) is 3. The van der Waals surface area contributed by atoms with Gasteiger partial charge in [0.05, 0.1) is 13.2 Å². The standard InChI is InChI=1S/C15H22N4O4S.ClH/c16-14-3-1-13(2-4-14)15(20)17-5-7-18(8-6-17)24(21,22)19-9-11-23-12-10-19;/h1-4H,5-12,16H2;1H. The van der Waals surface area contributed by atoms with Crippen molar-refractivity contribution in [2.75, 3.05) is 58.2 Å². The number of rotatable bonds is 3. The van der Waals surface area contributed by atoms with Crippen LogP contribution in [-0.2, 0) is 14.9 Å². The van der Waals surface area contributed by atoms with E-state index in [1.807, 2.05) is 0 Å². The van der Waals surface area contributed by atoms with Gasteiger partial charge in [-0.1, -0.05) is 0 Å². The number of piperazine rings is 1. The third-order valence-electron chi connectivity index (χ3n) is 4.31. The highest BCUT2D eigenvalue weighted by Crippen LogP contribution is 2.16. The quantitative estimate of drug-likeness (QED) is 0.734. The van der Waals surface area contributed by atoms with E-state index >= 15 is 0 Å². The lowest BCUT2D eigenvalue weighted by Gasteiger charge is -2.37. The number of hydrogen-bond acceptors (Lipinski definition) is 5. The first-order valence-corrected chi connectivity index (χ1v) is 9.36. The van der Waals surface area contributed by atoms with E-state index in [9.17, 15) is 13.2 Å². The Bertz CT molecular complexity index is 684. The highest BCUT2D eigenvalue weighted by molar-refractivity contribution is 7.86. The van der Waals surface area contributed by atoms with Crippen LogP contribution in [0.5, 0.6) is 0 Å². The van der Waals surface area contributed by atoms with Crippen molar-refractivity contribution < 1.29 is 17.9 Å². The van der Waals surface area contributed by atoms with Gasteiger partial charge in [-0.25, -0.2) is 0 Å². The van der Waals surface area contributed by atoms with Gasteiger partial charge in [-0.15, -0.1) is 12.4 Å². The molecule has 0 aromatic heterocycles. The molecule has 140 valence electrons. The second-order valence-corrected chi connectivity index (χ2v) is 7.76.